The molecule has 1 saturated carbocycles. The number of fused-ring (bicyclic) bond motifs is 1. The quantitative estimate of drug-likeness (QED) is 0.400. The average molecular weight is 565 g/mol. The Labute approximate surface area is 233 Å². The number of ether oxygens (including phenoxy) is 2. The summed E-state index contributed by atoms with van der Waals surface area (Å²) in [5, 5.41) is 2.78. The number of quaternary nitrogens is 1. The Bertz CT molecular complexity index is 1250. The first-order valence-electron chi connectivity index (χ1n) is 13.9. The summed E-state index contributed by atoms with van der Waals surface area (Å²) in [6.45, 7) is 14.1. The summed E-state index contributed by atoms with van der Waals surface area (Å²) >= 11 is 0. The monoisotopic (exact) mass is 563 g/mol. The van der Waals surface area contributed by atoms with E-state index in [9.17, 15) is 0 Å². The third-order valence-electron chi connectivity index (χ3n) is 10.7. The summed E-state index contributed by atoms with van der Waals surface area (Å²) in [5.41, 5.74) is 2.90. The number of halogens is 1. The maximum Gasteiger partial charge on any atom is 0.128 e. The number of hydrogen-bond donors (Lipinski definition) is 0. The Morgan fingerprint density at radius 3 is 2.43 bits per heavy atom. The SMILES string of the molecule is COc1ccc(CO[C@]2(C(C)C)C[N@+]3(Cc4cccc5ccccc45)C[C@@H](C)[C@@H]4CC[C@H]2[C@@]43C)cc1.[Br-]. The zero-order valence-electron chi connectivity index (χ0n) is 23.0. The number of hydrogen-bond acceptors (Lipinski definition) is 2. The first-order chi connectivity index (χ1) is 17.3. The zero-order valence-corrected chi connectivity index (χ0v) is 24.6. The van der Waals surface area contributed by atoms with Crippen molar-refractivity contribution in [1.82, 2.24) is 0 Å². The molecule has 0 radical (unpaired) electrons. The van der Waals surface area contributed by atoms with Gasteiger partial charge in [-0.25, -0.2) is 0 Å². The molecular formula is C33H42BrNO2. The van der Waals surface area contributed by atoms with Crippen LogP contribution in [0.5, 0.6) is 5.75 Å². The lowest BCUT2D eigenvalue weighted by Crippen LogP contribution is -3.00. The summed E-state index contributed by atoms with van der Waals surface area (Å²) in [4.78, 5) is 0. The normalized spacial score (nSPS) is 34.1. The maximum atomic E-state index is 7.17. The zero-order chi connectivity index (χ0) is 25.1. The highest BCUT2D eigenvalue weighted by molar-refractivity contribution is 5.85. The minimum atomic E-state index is -0.103. The Hall–Kier alpha value is -1.88. The summed E-state index contributed by atoms with van der Waals surface area (Å²) in [5.74, 6) is 3.51. The molecule has 0 N–H and O–H groups in total. The molecule has 6 rings (SSSR count). The molecule has 0 bridgehead atoms. The lowest BCUT2D eigenvalue weighted by atomic mass is 9.72. The van der Waals surface area contributed by atoms with Crippen molar-refractivity contribution in [3.05, 3.63) is 77.9 Å². The Morgan fingerprint density at radius 1 is 0.973 bits per heavy atom. The van der Waals surface area contributed by atoms with E-state index in [4.69, 9.17) is 9.47 Å². The highest BCUT2D eigenvalue weighted by Crippen LogP contribution is 2.67. The van der Waals surface area contributed by atoms with Crippen molar-refractivity contribution in [2.24, 2.45) is 23.7 Å². The van der Waals surface area contributed by atoms with Crippen LogP contribution in [0.3, 0.4) is 0 Å². The smallest absolute Gasteiger partial charge is 0.128 e. The first kappa shape index (κ1) is 26.7. The van der Waals surface area contributed by atoms with Gasteiger partial charge in [0.2, 0.25) is 0 Å². The second kappa shape index (κ2) is 9.70. The fourth-order valence-electron chi connectivity index (χ4n) is 9.05. The lowest BCUT2D eigenvalue weighted by Gasteiger charge is -2.44. The van der Waals surface area contributed by atoms with Gasteiger partial charge < -0.3 is 30.9 Å². The molecule has 0 amide bonds. The molecule has 3 aromatic carbocycles. The van der Waals surface area contributed by atoms with Crippen LogP contribution in [0.1, 0.15) is 51.7 Å². The van der Waals surface area contributed by atoms with E-state index in [-0.39, 0.29) is 28.1 Å². The molecule has 37 heavy (non-hydrogen) atoms. The van der Waals surface area contributed by atoms with Gasteiger partial charge in [0.15, 0.2) is 0 Å². The third-order valence-corrected chi connectivity index (χ3v) is 10.7. The van der Waals surface area contributed by atoms with Crippen LogP contribution in [0.25, 0.3) is 10.8 Å². The van der Waals surface area contributed by atoms with E-state index in [0.29, 0.717) is 18.4 Å². The molecule has 3 aromatic rings. The summed E-state index contributed by atoms with van der Waals surface area (Å²) in [6, 6.07) is 24.3. The van der Waals surface area contributed by atoms with Gasteiger partial charge in [-0.2, -0.15) is 0 Å². The predicted octanol–water partition coefficient (Wildman–Crippen LogP) is 4.23. The van der Waals surface area contributed by atoms with Gasteiger partial charge in [-0.15, -0.1) is 0 Å². The summed E-state index contributed by atoms with van der Waals surface area (Å²) in [6.07, 6.45) is 2.64. The van der Waals surface area contributed by atoms with Crippen LogP contribution in [0.15, 0.2) is 66.7 Å². The summed E-state index contributed by atoms with van der Waals surface area (Å²) in [7, 11) is 1.72. The fraction of sp³-hybridized carbons (Fsp3) is 0.515. The van der Waals surface area contributed by atoms with E-state index in [1.165, 1.54) is 45.8 Å². The molecule has 0 unspecified atom stereocenters. The maximum absolute atomic E-state index is 7.17. The molecule has 3 nitrogen and oxygen atoms in total. The molecule has 0 aromatic heterocycles. The van der Waals surface area contributed by atoms with E-state index in [1.807, 2.05) is 0 Å². The molecule has 2 saturated heterocycles. The average Bonchev–Trinajstić information content (AvgIpc) is 3.43. The highest BCUT2D eigenvalue weighted by atomic mass is 79.9. The second-order valence-corrected chi connectivity index (χ2v) is 12.5. The van der Waals surface area contributed by atoms with Gasteiger partial charge in [-0.1, -0.05) is 75.4 Å². The van der Waals surface area contributed by atoms with Crippen molar-refractivity contribution in [1.29, 1.82) is 0 Å². The summed E-state index contributed by atoms with van der Waals surface area (Å²) < 4.78 is 13.7. The van der Waals surface area contributed by atoms with Crippen LogP contribution in [0.4, 0.5) is 0 Å². The Balaban J connectivity index is 0.00000280. The standard InChI is InChI=1S/C33H42NO2.BrH/c1-23(2)33(36-21-25-13-15-28(35-5)16-14-25)22-34(19-24(3)30-17-18-31(33)32(30,34)4)20-27-11-8-10-26-9-6-7-12-29(26)27;/h6-16,23-24,30-31H,17-22H2,1-5H3;1H/q+1;/p-1/t24-,30+,31+,32-,33+,34-;/m1./s1. The number of benzene rings is 3. The van der Waals surface area contributed by atoms with E-state index < -0.39 is 0 Å². The molecule has 3 aliphatic rings. The predicted molar refractivity (Wildman–Crippen MR) is 147 cm³/mol. The van der Waals surface area contributed by atoms with Crippen molar-refractivity contribution < 1.29 is 30.9 Å². The molecular weight excluding hydrogens is 522 g/mol. The van der Waals surface area contributed by atoms with Crippen LogP contribution >= 0.6 is 0 Å². The fourth-order valence-corrected chi connectivity index (χ4v) is 9.05. The molecule has 1 aliphatic carbocycles. The number of nitrogens with zero attached hydrogens (tertiary/aromatic N) is 1. The molecule has 6 atom stereocenters. The molecule has 4 heteroatoms. The van der Waals surface area contributed by atoms with Crippen molar-refractivity contribution in [3.8, 4) is 5.75 Å². The van der Waals surface area contributed by atoms with Gasteiger partial charge in [-0.05, 0) is 54.2 Å². The van der Waals surface area contributed by atoms with Crippen molar-refractivity contribution in [2.75, 3.05) is 20.2 Å². The van der Waals surface area contributed by atoms with Gasteiger partial charge in [0, 0.05) is 23.3 Å². The van der Waals surface area contributed by atoms with Crippen LogP contribution < -0.4 is 21.7 Å². The van der Waals surface area contributed by atoms with E-state index in [2.05, 4.69) is 94.4 Å². The number of methoxy groups -OCH3 is 1. The second-order valence-electron chi connectivity index (χ2n) is 12.5. The minimum Gasteiger partial charge on any atom is -1.00 e. The molecule has 2 heterocycles. The molecule has 3 fully saturated rings. The molecule has 198 valence electrons. The molecule has 2 aliphatic heterocycles. The van der Waals surface area contributed by atoms with Gasteiger partial charge >= 0.3 is 0 Å². The topological polar surface area (TPSA) is 18.5 Å². The van der Waals surface area contributed by atoms with Crippen LogP contribution in [0, 0.1) is 23.7 Å². The third kappa shape index (κ3) is 3.89. The minimum absolute atomic E-state index is 0. The van der Waals surface area contributed by atoms with Gasteiger partial charge in [0.25, 0.3) is 0 Å². The van der Waals surface area contributed by atoms with Gasteiger partial charge in [-0.3, -0.25) is 0 Å². The molecule has 0 spiro atoms. The largest absolute Gasteiger partial charge is 1.00 e. The van der Waals surface area contributed by atoms with Crippen molar-refractivity contribution in [2.45, 2.75) is 64.8 Å². The lowest BCUT2D eigenvalue weighted by molar-refractivity contribution is -0.968. The van der Waals surface area contributed by atoms with E-state index in [1.54, 1.807) is 7.11 Å². The van der Waals surface area contributed by atoms with Crippen LogP contribution in [0.2, 0.25) is 0 Å². The van der Waals surface area contributed by atoms with Crippen LogP contribution in [-0.2, 0) is 17.9 Å². The first-order valence-corrected chi connectivity index (χ1v) is 13.9. The van der Waals surface area contributed by atoms with Crippen molar-refractivity contribution >= 4 is 10.8 Å². The van der Waals surface area contributed by atoms with Crippen LogP contribution in [-0.4, -0.2) is 35.8 Å². The number of rotatable bonds is 7. The van der Waals surface area contributed by atoms with Gasteiger partial charge in [0.05, 0.1) is 20.3 Å². The Kier molecular flexibility index (Phi) is 7.00. The van der Waals surface area contributed by atoms with Gasteiger partial charge in [0.1, 0.15) is 30.0 Å². The van der Waals surface area contributed by atoms with Crippen molar-refractivity contribution in [3.63, 3.8) is 0 Å². The Morgan fingerprint density at radius 2 is 1.70 bits per heavy atom. The van der Waals surface area contributed by atoms with E-state index in [0.717, 1.165) is 30.7 Å². The van der Waals surface area contributed by atoms with E-state index >= 15 is 0 Å². The highest BCUT2D eigenvalue weighted by Gasteiger charge is 2.78.